The van der Waals surface area contributed by atoms with Crippen LogP contribution in [0.15, 0.2) is 40.9 Å². The minimum Gasteiger partial charge on any atom is -0.352 e. The van der Waals surface area contributed by atoms with Crippen LogP contribution in [0.5, 0.6) is 0 Å². The number of nitrogens with zero attached hydrogens (tertiary/aromatic N) is 1. The van der Waals surface area contributed by atoms with Crippen molar-refractivity contribution < 1.29 is 4.79 Å². The zero-order chi connectivity index (χ0) is 16.6. The number of benzene rings is 2. The number of thiazole rings is 1. The summed E-state index contributed by atoms with van der Waals surface area (Å²) in [5.41, 5.74) is 2.52. The lowest BCUT2D eigenvalue weighted by atomic mass is 10.1. The number of ketones is 1. The van der Waals surface area contributed by atoms with Gasteiger partial charge < -0.3 is 5.32 Å². The Morgan fingerprint density at radius 3 is 2.65 bits per heavy atom. The Hall–Kier alpha value is -1.43. The number of aryl methyl sites for hydroxylation is 1. The van der Waals surface area contributed by atoms with Gasteiger partial charge in [0.25, 0.3) is 0 Å². The van der Waals surface area contributed by atoms with Crippen molar-refractivity contribution in [3.8, 4) is 0 Å². The minimum atomic E-state index is -0.354. The van der Waals surface area contributed by atoms with Crippen molar-refractivity contribution >= 4 is 60.0 Å². The fourth-order valence-corrected chi connectivity index (χ4v) is 3.71. The molecule has 1 heterocycles. The van der Waals surface area contributed by atoms with E-state index in [9.17, 15) is 4.79 Å². The predicted molar refractivity (Wildman–Crippen MR) is 101 cm³/mol. The summed E-state index contributed by atoms with van der Waals surface area (Å²) in [4.78, 5) is 17.0. The van der Waals surface area contributed by atoms with Crippen LogP contribution in [-0.4, -0.2) is 16.8 Å². The highest BCUT2D eigenvalue weighted by Gasteiger charge is 2.17. The zero-order valence-corrected chi connectivity index (χ0v) is 15.7. The molecule has 23 heavy (non-hydrogen) atoms. The monoisotopic (exact) mass is 408 g/mol. The van der Waals surface area contributed by atoms with Crippen LogP contribution in [0.3, 0.4) is 0 Å². The van der Waals surface area contributed by atoms with Crippen LogP contribution in [0.4, 0.5) is 5.13 Å². The lowest BCUT2D eigenvalue weighted by molar-refractivity contribution is 0.0975. The van der Waals surface area contributed by atoms with Crippen molar-refractivity contribution in [3.05, 3.63) is 57.0 Å². The fraction of sp³-hybridized carbons (Fsp3) is 0.176. The van der Waals surface area contributed by atoms with E-state index in [1.807, 2.05) is 50.2 Å². The molecule has 0 aliphatic rings. The van der Waals surface area contributed by atoms with Gasteiger partial charge in [0.05, 0.1) is 16.3 Å². The smallest absolute Gasteiger partial charge is 0.184 e. The summed E-state index contributed by atoms with van der Waals surface area (Å²) in [6.45, 7) is 3.79. The number of nitrogens with one attached hydrogen (secondary N) is 1. The molecule has 0 aliphatic heterocycles. The second-order valence-corrected chi connectivity index (χ2v) is 7.63. The summed E-state index contributed by atoms with van der Waals surface area (Å²) in [6.07, 6.45) is 0. The van der Waals surface area contributed by atoms with E-state index in [1.165, 1.54) is 11.3 Å². The van der Waals surface area contributed by atoms with E-state index in [0.717, 1.165) is 25.4 Å². The highest BCUT2D eigenvalue weighted by molar-refractivity contribution is 9.10. The van der Waals surface area contributed by atoms with Crippen LogP contribution in [0.2, 0.25) is 5.02 Å². The average molecular weight is 410 g/mol. The fourth-order valence-electron chi connectivity index (χ4n) is 2.28. The molecule has 3 nitrogen and oxygen atoms in total. The molecule has 1 unspecified atom stereocenters. The number of hydrogen-bond donors (Lipinski definition) is 1. The van der Waals surface area contributed by atoms with Crippen molar-refractivity contribution in [2.75, 3.05) is 5.32 Å². The normalized spacial score (nSPS) is 12.3. The molecular formula is C17H14BrClN2OS. The van der Waals surface area contributed by atoms with Gasteiger partial charge in [-0.3, -0.25) is 4.79 Å². The van der Waals surface area contributed by atoms with Crippen LogP contribution in [0.25, 0.3) is 10.2 Å². The van der Waals surface area contributed by atoms with E-state index in [4.69, 9.17) is 11.6 Å². The van der Waals surface area contributed by atoms with Gasteiger partial charge in [-0.2, -0.15) is 0 Å². The third-order valence-corrected chi connectivity index (χ3v) is 5.50. The molecular weight excluding hydrogens is 396 g/mol. The van der Waals surface area contributed by atoms with E-state index in [2.05, 4.69) is 26.2 Å². The SMILES string of the molecule is Cc1c(Cl)ccc2sc(NC(C)C(=O)c3ccc(Br)cc3)nc12. The summed E-state index contributed by atoms with van der Waals surface area (Å²) in [5.74, 6) is 0.0338. The van der Waals surface area contributed by atoms with Crippen LogP contribution in [0.1, 0.15) is 22.8 Å². The van der Waals surface area contributed by atoms with Gasteiger partial charge in [0.15, 0.2) is 10.9 Å². The lowest BCUT2D eigenvalue weighted by Crippen LogP contribution is -2.26. The third kappa shape index (κ3) is 3.42. The molecule has 1 aromatic heterocycles. The number of Topliss-reactive ketones (excluding diaryl/α,β-unsaturated/α-hetero) is 1. The number of carbonyl (C=O) groups excluding carboxylic acids is 1. The summed E-state index contributed by atoms with van der Waals surface area (Å²) >= 11 is 11.0. The summed E-state index contributed by atoms with van der Waals surface area (Å²) < 4.78 is 2.01. The van der Waals surface area contributed by atoms with Crippen LogP contribution >= 0.6 is 38.9 Å². The van der Waals surface area contributed by atoms with Crippen molar-refractivity contribution in [3.63, 3.8) is 0 Å². The Kier molecular flexibility index (Phi) is 4.71. The molecule has 118 valence electrons. The van der Waals surface area contributed by atoms with Gasteiger partial charge in [-0.15, -0.1) is 0 Å². The molecule has 0 saturated heterocycles. The molecule has 0 radical (unpaired) electrons. The van der Waals surface area contributed by atoms with Gasteiger partial charge in [0, 0.05) is 15.1 Å². The molecule has 3 aromatic rings. The Morgan fingerprint density at radius 1 is 1.26 bits per heavy atom. The van der Waals surface area contributed by atoms with E-state index in [1.54, 1.807) is 0 Å². The van der Waals surface area contributed by atoms with Gasteiger partial charge in [-0.25, -0.2) is 4.98 Å². The molecule has 0 fully saturated rings. The van der Waals surface area contributed by atoms with Gasteiger partial charge in [-0.05, 0) is 43.7 Å². The second kappa shape index (κ2) is 6.59. The van der Waals surface area contributed by atoms with Gasteiger partial charge >= 0.3 is 0 Å². The maximum absolute atomic E-state index is 12.5. The Labute approximate surface area is 151 Å². The molecule has 0 amide bonds. The number of fused-ring (bicyclic) bond motifs is 1. The molecule has 1 atom stereocenters. The summed E-state index contributed by atoms with van der Waals surface area (Å²) in [7, 11) is 0. The molecule has 0 saturated carbocycles. The molecule has 0 spiro atoms. The number of carbonyl (C=O) groups is 1. The average Bonchev–Trinajstić information content (AvgIpc) is 2.94. The van der Waals surface area contributed by atoms with E-state index in [0.29, 0.717) is 10.6 Å². The molecule has 0 bridgehead atoms. The standard InChI is InChI=1S/C17H14BrClN2OS/c1-9-13(19)7-8-14-15(9)21-17(23-14)20-10(2)16(22)11-3-5-12(18)6-4-11/h3-8,10H,1-2H3,(H,20,21). The number of rotatable bonds is 4. The molecule has 1 N–H and O–H groups in total. The molecule has 0 aliphatic carbocycles. The molecule has 2 aromatic carbocycles. The van der Waals surface area contributed by atoms with Gasteiger partial charge in [0.1, 0.15) is 0 Å². The first-order chi connectivity index (χ1) is 11.0. The number of aromatic nitrogens is 1. The first-order valence-corrected chi connectivity index (χ1v) is 9.06. The van der Waals surface area contributed by atoms with Crippen molar-refractivity contribution in [2.24, 2.45) is 0 Å². The van der Waals surface area contributed by atoms with Gasteiger partial charge in [0.2, 0.25) is 0 Å². The first kappa shape index (κ1) is 16.4. The topological polar surface area (TPSA) is 42.0 Å². The predicted octanol–water partition coefficient (Wildman–Crippen LogP) is 5.70. The largest absolute Gasteiger partial charge is 0.352 e. The summed E-state index contributed by atoms with van der Waals surface area (Å²) in [5, 5.41) is 4.62. The highest BCUT2D eigenvalue weighted by atomic mass is 79.9. The Bertz CT molecular complexity index is 876. The summed E-state index contributed by atoms with van der Waals surface area (Å²) in [6, 6.07) is 10.8. The first-order valence-electron chi connectivity index (χ1n) is 7.07. The number of anilines is 1. The number of halogens is 2. The van der Waals surface area contributed by atoms with E-state index in [-0.39, 0.29) is 11.8 Å². The van der Waals surface area contributed by atoms with E-state index < -0.39 is 0 Å². The van der Waals surface area contributed by atoms with Crippen LogP contribution < -0.4 is 5.32 Å². The second-order valence-electron chi connectivity index (χ2n) is 5.28. The van der Waals surface area contributed by atoms with Crippen molar-refractivity contribution in [2.45, 2.75) is 19.9 Å². The maximum atomic E-state index is 12.5. The lowest BCUT2D eigenvalue weighted by Gasteiger charge is -2.11. The Morgan fingerprint density at radius 2 is 1.96 bits per heavy atom. The number of hydrogen-bond acceptors (Lipinski definition) is 4. The maximum Gasteiger partial charge on any atom is 0.184 e. The van der Waals surface area contributed by atoms with Crippen LogP contribution in [-0.2, 0) is 0 Å². The Balaban J connectivity index is 1.82. The molecule has 3 rings (SSSR count). The van der Waals surface area contributed by atoms with Crippen LogP contribution in [0, 0.1) is 6.92 Å². The van der Waals surface area contributed by atoms with Gasteiger partial charge in [-0.1, -0.05) is 51.0 Å². The third-order valence-electron chi connectivity index (χ3n) is 3.61. The zero-order valence-electron chi connectivity index (χ0n) is 12.6. The highest BCUT2D eigenvalue weighted by Crippen LogP contribution is 2.32. The minimum absolute atomic E-state index is 0.0338. The molecule has 6 heteroatoms. The van der Waals surface area contributed by atoms with Crippen molar-refractivity contribution in [1.82, 2.24) is 4.98 Å². The quantitative estimate of drug-likeness (QED) is 0.562. The van der Waals surface area contributed by atoms with Crippen molar-refractivity contribution in [1.29, 1.82) is 0 Å². The van der Waals surface area contributed by atoms with E-state index >= 15 is 0 Å².